The molecule has 38 heavy (non-hydrogen) atoms. The summed E-state index contributed by atoms with van der Waals surface area (Å²) in [4.78, 5) is 8.94. The SMILES string of the molecule is CSCCNCc1ccc(-c2ccc3ncnc(Nc4ccc(OCc5ccccc5)cc4)c3c2)o1.Cl.Cl. The summed E-state index contributed by atoms with van der Waals surface area (Å²) < 4.78 is 12.0. The van der Waals surface area contributed by atoms with Crippen molar-refractivity contribution in [1.29, 1.82) is 0 Å². The summed E-state index contributed by atoms with van der Waals surface area (Å²) in [6, 6.07) is 28.1. The van der Waals surface area contributed by atoms with Crippen molar-refractivity contribution in [3.05, 3.63) is 103 Å². The van der Waals surface area contributed by atoms with Crippen LogP contribution >= 0.6 is 36.6 Å². The molecule has 0 bridgehead atoms. The first-order valence-corrected chi connectivity index (χ1v) is 13.3. The minimum Gasteiger partial charge on any atom is -0.489 e. The van der Waals surface area contributed by atoms with Crippen molar-refractivity contribution in [1.82, 2.24) is 15.3 Å². The van der Waals surface area contributed by atoms with Gasteiger partial charge < -0.3 is 19.8 Å². The molecule has 0 radical (unpaired) electrons. The van der Waals surface area contributed by atoms with Gasteiger partial charge in [0.15, 0.2) is 0 Å². The van der Waals surface area contributed by atoms with Crippen LogP contribution in [0.25, 0.3) is 22.2 Å². The fourth-order valence-electron chi connectivity index (χ4n) is 3.84. The summed E-state index contributed by atoms with van der Waals surface area (Å²) in [6.45, 7) is 2.21. The summed E-state index contributed by atoms with van der Waals surface area (Å²) in [5.74, 6) is 4.38. The van der Waals surface area contributed by atoms with Crippen molar-refractivity contribution in [3.63, 3.8) is 0 Å². The van der Waals surface area contributed by atoms with Gasteiger partial charge in [0.05, 0.1) is 12.1 Å². The number of rotatable bonds is 11. The number of thioether (sulfide) groups is 1. The van der Waals surface area contributed by atoms with Crippen molar-refractivity contribution < 1.29 is 9.15 Å². The first-order valence-electron chi connectivity index (χ1n) is 11.9. The molecule has 0 aliphatic carbocycles. The van der Waals surface area contributed by atoms with Crippen LogP contribution in [-0.4, -0.2) is 28.5 Å². The molecule has 2 heterocycles. The maximum Gasteiger partial charge on any atom is 0.141 e. The number of furan rings is 1. The molecular weight excluding hydrogens is 539 g/mol. The van der Waals surface area contributed by atoms with E-state index in [0.29, 0.717) is 6.61 Å². The number of fused-ring (bicyclic) bond motifs is 1. The van der Waals surface area contributed by atoms with E-state index in [2.05, 4.69) is 45.1 Å². The minimum absolute atomic E-state index is 0. The molecule has 0 aliphatic heterocycles. The molecule has 0 saturated heterocycles. The summed E-state index contributed by atoms with van der Waals surface area (Å²) in [5.41, 5.74) is 3.91. The molecule has 5 rings (SSSR count). The van der Waals surface area contributed by atoms with Gasteiger partial charge >= 0.3 is 0 Å². The topological polar surface area (TPSA) is 72.2 Å². The van der Waals surface area contributed by atoms with E-state index in [1.165, 1.54) is 0 Å². The number of benzene rings is 3. The van der Waals surface area contributed by atoms with Gasteiger partial charge in [-0.25, -0.2) is 9.97 Å². The van der Waals surface area contributed by atoms with Gasteiger partial charge in [-0.1, -0.05) is 30.3 Å². The predicted octanol–water partition coefficient (Wildman–Crippen LogP) is 7.51. The smallest absolute Gasteiger partial charge is 0.141 e. The van der Waals surface area contributed by atoms with Crippen LogP contribution < -0.4 is 15.4 Å². The summed E-state index contributed by atoms with van der Waals surface area (Å²) in [6.07, 6.45) is 3.68. The lowest BCUT2D eigenvalue weighted by molar-refractivity contribution is 0.306. The van der Waals surface area contributed by atoms with Crippen LogP contribution in [0, 0.1) is 0 Å². The molecular formula is C29H30Cl2N4O2S. The Bertz CT molecular complexity index is 1420. The Kier molecular flexibility index (Phi) is 11.3. The maximum absolute atomic E-state index is 6.08. The average molecular weight is 570 g/mol. The Morgan fingerprint density at radius 2 is 1.71 bits per heavy atom. The second kappa shape index (κ2) is 14.6. The highest BCUT2D eigenvalue weighted by molar-refractivity contribution is 7.98. The van der Waals surface area contributed by atoms with Crippen molar-refractivity contribution in [2.75, 3.05) is 23.9 Å². The molecule has 5 aromatic rings. The molecule has 6 nitrogen and oxygen atoms in total. The summed E-state index contributed by atoms with van der Waals surface area (Å²) >= 11 is 1.83. The molecule has 0 atom stereocenters. The molecule has 0 aliphatic rings. The summed E-state index contributed by atoms with van der Waals surface area (Å²) in [5, 5.41) is 7.75. The van der Waals surface area contributed by atoms with Crippen molar-refractivity contribution in [2.45, 2.75) is 13.2 Å². The third kappa shape index (κ3) is 7.65. The zero-order chi connectivity index (χ0) is 24.6. The average Bonchev–Trinajstić information content (AvgIpc) is 3.40. The number of hydrogen-bond acceptors (Lipinski definition) is 7. The third-order valence-corrected chi connectivity index (χ3v) is 6.34. The van der Waals surface area contributed by atoms with Crippen LogP contribution in [0.3, 0.4) is 0 Å². The van der Waals surface area contributed by atoms with Crippen LogP contribution in [0.2, 0.25) is 0 Å². The van der Waals surface area contributed by atoms with Crippen LogP contribution in [-0.2, 0) is 13.2 Å². The van der Waals surface area contributed by atoms with Gasteiger partial charge in [-0.3, -0.25) is 0 Å². The van der Waals surface area contributed by atoms with E-state index in [0.717, 1.165) is 69.6 Å². The normalized spacial score (nSPS) is 10.4. The molecule has 0 unspecified atom stereocenters. The Morgan fingerprint density at radius 1 is 0.895 bits per heavy atom. The van der Waals surface area contributed by atoms with Crippen LogP contribution in [0.1, 0.15) is 11.3 Å². The lowest BCUT2D eigenvalue weighted by Crippen LogP contribution is -2.15. The van der Waals surface area contributed by atoms with Crippen LogP contribution in [0.5, 0.6) is 5.75 Å². The molecule has 0 fully saturated rings. The monoisotopic (exact) mass is 568 g/mol. The van der Waals surface area contributed by atoms with Crippen molar-refractivity contribution >= 4 is 59.0 Å². The quantitative estimate of drug-likeness (QED) is 0.160. The highest BCUT2D eigenvalue weighted by Crippen LogP contribution is 2.30. The van der Waals surface area contributed by atoms with Gasteiger partial charge in [-0.2, -0.15) is 11.8 Å². The Hall–Kier alpha value is -3.23. The minimum atomic E-state index is 0. The van der Waals surface area contributed by atoms with E-state index in [9.17, 15) is 0 Å². The molecule has 3 aromatic carbocycles. The molecule has 2 N–H and O–H groups in total. The van der Waals surface area contributed by atoms with Gasteiger partial charge in [-0.05, 0) is 66.4 Å². The zero-order valence-corrected chi connectivity index (χ0v) is 23.4. The van der Waals surface area contributed by atoms with E-state index in [-0.39, 0.29) is 24.8 Å². The molecule has 9 heteroatoms. The highest BCUT2D eigenvalue weighted by Gasteiger charge is 2.10. The van der Waals surface area contributed by atoms with E-state index in [4.69, 9.17) is 9.15 Å². The van der Waals surface area contributed by atoms with Gasteiger partial charge in [-0.15, -0.1) is 24.8 Å². The van der Waals surface area contributed by atoms with E-state index in [1.807, 2.05) is 78.5 Å². The van der Waals surface area contributed by atoms with Gasteiger partial charge in [0.2, 0.25) is 0 Å². The van der Waals surface area contributed by atoms with Gasteiger partial charge in [0.1, 0.15) is 36.0 Å². The Morgan fingerprint density at radius 3 is 2.50 bits per heavy atom. The standard InChI is InChI=1S/C29H28N4O2S.2ClH/c1-36-16-15-30-18-25-12-14-28(35-25)22-7-13-27-26(17-22)29(32-20-31-27)33-23-8-10-24(11-9-23)34-19-21-5-3-2-4-6-21;;/h2-14,17,20,30H,15-16,18-19H2,1H3,(H,31,32,33);2*1H. The zero-order valence-electron chi connectivity index (χ0n) is 20.9. The fourth-order valence-corrected chi connectivity index (χ4v) is 4.18. The Balaban J connectivity index is 0.00000200. The number of halogens is 2. The molecule has 2 aromatic heterocycles. The van der Waals surface area contributed by atoms with E-state index >= 15 is 0 Å². The molecule has 0 saturated carbocycles. The first-order chi connectivity index (χ1) is 17.8. The maximum atomic E-state index is 6.08. The third-order valence-electron chi connectivity index (χ3n) is 5.73. The van der Waals surface area contributed by atoms with Crippen molar-refractivity contribution in [3.8, 4) is 17.1 Å². The lowest BCUT2D eigenvalue weighted by Gasteiger charge is -2.11. The number of ether oxygens (including phenoxy) is 1. The number of nitrogens with zero attached hydrogens (tertiary/aromatic N) is 2. The second-order valence-corrected chi connectivity index (χ2v) is 9.30. The van der Waals surface area contributed by atoms with Gasteiger partial charge in [0, 0.05) is 28.9 Å². The largest absolute Gasteiger partial charge is 0.489 e. The first kappa shape index (κ1) is 29.3. The molecule has 198 valence electrons. The molecule has 0 amide bonds. The predicted molar refractivity (Wildman–Crippen MR) is 162 cm³/mol. The fraction of sp³-hybridized carbons (Fsp3) is 0.172. The van der Waals surface area contributed by atoms with E-state index < -0.39 is 0 Å². The van der Waals surface area contributed by atoms with Crippen molar-refractivity contribution in [2.24, 2.45) is 0 Å². The van der Waals surface area contributed by atoms with Crippen LogP contribution in [0.15, 0.2) is 95.7 Å². The number of aromatic nitrogens is 2. The lowest BCUT2D eigenvalue weighted by atomic mass is 10.1. The van der Waals surface area contributed by atoms with Crippen LogP contribution in [0.4, 0.5) is 11.5 Å². The second-order valence-electron chi connectivity index (χ2n) is 8.31. The number of nitrogens with one attached hydrogen (secondary N) is 2. The number of hydrogen-bond donors (Lipinski definition) is 2. The number of anilines is 2. The van der Waals surface area contributed by atoms with Gasteiger partial charge in [0.25, 0.3) is 0 Å². The Labute approximate surface area is 239 Å². The highest BCUT2D eigenvalue weighted by atomic mass is 35.5. The summed E-state index contributed by atoms with van der Waals surface area (Å²) in [7, 11) is 0. The van der Waals surface area contributed by atoms with E-state index in [1.54, 1.807) is 6.33 Å². The molecule has 0 spiro atoms.